The van der Waals surface area contributed by atoms with Crippen molar-refractivity contribution in [3.05, 3.63) is 11.1 Å². The highest BCUT2D eigenvalue weighted by atomic mass is 32.1. The number of thiazole rings is 1. The zero-order valence-electron chi connectivity index (χ0n) is 10.8. The molecule has 0 spiro atoms. The molecular weight excluding hydrogens is 232 g/mol. The van der Waals surface area contributed by atoms with Crippen LogP contribution in [0, 0.1) is 12.8 Å². The third kappa shape index (κ3) is 3.28. The maximum atomic E-state index is 12.2. The van der Waals surface area contributed by atoms with Crippen LogP contribution in [0.3, 0.4) is 0 Å². The number of carbonyl (C=O) groups excluding carboxylic acids is 1. The van der Waals surface area contributed by atoms with Crippen LogP contribution < -0.4 is 4.90 Å². The molecule has 1 fully saturated rings. The number of nitrogens with zero attached hydrogens (tertiary/aromatic N) is 2. The lowest BCUT2D eigenvalue weighted by atomic mass is 10.1. The molecule has 1 amide bonds. The minimum atomic E-state index is 0.246. The molecule has 0 N–H and O–H groups in total. The largest absolute Gasteiger partial charge is 0.285 e. The maximum absolute atomic E-state index is 12.2. The lowest BCUT2D eigenvalue weighted by Crippen LogP contribution is -2.33. The number of amides is 1. The van der Waals surface area contributed by atoms with Crippen LogP contribution in [0.25, 0.3) is 0 Å². The summed E-state index contributed by atoms with van der Waals surface area (Å²) in [5.74, 6) is 0.827. The predicted molar refractivity (Wildman–Crippen MR) is 71.4 cm³/mol. The van der Waals surface area contributed by atoms with Crippen molar-refractivity contribution in [3.63, 3.8) is 0 Å². The Kier molecular flexibility index (Phi) is 3.82. The topological polar surface area (TPSA) is 33.2 Å². The molecule has 1 saturated carbocycles. The zero-order valence-corrected chi connectivity index (χ0v) is 11.6. The molecule has 1 aromatic rings. The molecule has 1 heterocycles. The van der Waals surface area contributed by atoms with Crippen LogP contribution in [0.4, 0.5) is 5.13 Å². The van der Waals surface area contributed by atoms with Crippen LogP contribution >= 0.6 is 11.3 Å². The van der Waals surface area contributed by atoms with Crippen LogP contribution in [0.5, 0.6) is 0 Å². The first-order valence-electron chi connectivity index (χ1n) is 6.32. The van der Waals surface area contributed by atoms with Crippen LogP contribution in [-0.2, 0) is 4.79 Å². The molecule has 3 nitrogen and oxygen atoms in total. The molecule has 0 aromatic carbocycles. The summed E-state index contributed by atoms with van der Waals surface area (Å²) in [6.07, 6.45) is 3.87. The third-order valence-electron chi connectivity index (χ3n) is 2.93. The van der Waals surface area contributed by atoms with Crippen molar-refractivity contribution in [1.82, 2.24) is 4.98 Å². The molecule has 1 aliphatic rings. The van der Waals surface area contributed by atoms with E-state index < -0.39 is 0 Å². The van der Waals surface area contributed by atoms with Crippen molar-refractivity contribution in [1.29, 1.82) is 0 Å². The first-order chi connectivity index (χ1) is 8.08. The van der Waals surface area contributed by atoms with Gasteiger partial charge < -0.3 is 0 Å². The Labute approximate surface area is 107 Å². The first kappa shape index (κ1) is 12.6. The lowest BCUT2D eigenvalue weighted by molar-refractivity contribution is -0.119. The second kappa shape index (κ2) is 5.17. The average Bonchev–Trinajstić information content (AvgIpc) is 2.99. The van der Waals surface area contributed by atoms with Crippen LogP contribution in [0.1, 0.15) is 45.2 Å². The van der Waals surface area contributed by atoms with E-state index in [-0.39, 0.29) is 5.91 Å². The van der Waals surface area contributed by atoms with E-state index in [2.05, 4.69) is 18.8 Å². The van der Waals surface area contributed by atoms with Crippen molar-refractivity contribution < 1.29 is 4.79 Å². The second-order valence-electron chi connectivity index (χ2n) is 5.20. The number of hydrogen-bond acceptors (Lipinski definition) is 3. The average molecular weight is 252 g/mol. The predicted octanol–water partition coefficient (Wildman–Crippen LogP) is 3.38. The van der Waals surface area contributed by atoms with Gasteiger partial charge in [0, 0.05) is 17.8 Å². The molecule has 0 aliphatic heterocycles. The van der Waals surface area contributed by atoms with E-state index in [9.17, 15) is 4.79 Å². The van der Waals surface area contributed by atoms with Gasteiger partial charge in [-0.25, -0.2) is 4.98 Å². The lowest BCUT2D eigenvalue weighted by Gasteiger charge is -2.19. The Hall–Kier alpha value is -0.900. The van der Waals surface area contributed by atoms with Gasteiger partial charge >= 0.3 is 0 Å². The van der Waals surface area contributed by atoms with E-state index in [0.29, 0.717) is 18.4 Å². The summed E-state index contributed by atoms with van der Waals surface area (Å²) in [7, 11) is 0. The SMILES string of the molecule is Cc1csc(N(C(=O)CCC(C)C)C2CC2)n1. The van der Waals surface area contributed by atoms with Crippen molar-refractivity contribution in [2.75, 3.05) is 4.90 Å². The molecule has 0 radical (unpaired) electrons. The van der Waals surface area contributed by atoms with Gasteiger partial charge in [-0.05, 0) is 32.1 Å². The summed E-state index contributed by atoms with van der Waals surface area (Å²) in [4.78, 5) is 18.6. The minimum absolute atomic E-state index is 0.246. The Bertz CT molecular complexity index is 396. The van der Waals surface area contributed by atoms with Crippen LogP contribution in [0.2, 0.25) is 0 Å². The van der Waals surface area contributed by atoms with Crippen LogP contribution in [-0.4, -0.2) is 16.9 Å². The summed E-state index contributed by atoms with van der Waals surface area (Å²) in [5, 5.41) is 2.90. The van der Waals surface area contributed by atoms with Gasteiger partial charge in [0.05, 0.1) is 5.69 Å². The summed E-state index contributed by atoms with van der Waals surface area (Å²) in [6, 6.07) is 0.417. The van der Waals surface area contributed by atoms with Crippen LogP contribution in [0.15, 0.2) is 5.38 Å². The molecule has 17 heavy (non-hydrogen) atoms. The highest BCUT2D eigenvalue weighted by Crippen LogP contribution is 2.34. The standard InChI is InChI=1S/C13H20N2OS/c1-9(2)4-7-12(16)15(11-5-6-11)13-14-10(3)8-17-13/h8-9,11H,4-7H2,1-3H3. The van der Waals surface area contributed by atoms with E-state index in [1.165, 1.54) is 0 Å². The molecule has 1 aliphatic carbocycles. The van der Waals surface area contributed by atoms with Gasteiger partial charge in [0.25, 0.3) is 0 Å². The van der Waals surface area contributed by atoms with E-state index in [0.717, 1.165) is 30.1 Å². The summed E-state index contributed by atoms with van der Waals surface area (Å²) < 4.78 is 0. The third-order valence-corrected chi connectivity index (χ3v) is 3.89. The highest BCUT2D eigenvalue weighted by Gasteiger charge is 2.34. The van der Waals surface area contributed by atoms with Gasteiger partial charge in [0.15, 0.2) is 5.13 Å². The van der Waals surface area contributed by atoms with E-state index in [1.54, 1.807) is 11.3 Å². The van der Waals surface area contributed by atoms with Crippen molar-refractivity contribution in [3.8, 4) is 0 Å². The zero-order chi connectivity index (χ0) is 12.4. The van der Waals surface area contributed by atoms with Gasteiger partial charge in [-0.2, -0.15) is 0 Å². The van der Waals surface area contributed by atoms with Crippen molar-refractivity contribution in [2.45, 2.75) is 52.5 Å². The Morgan fingerprint density at radius 3 is 2.76 bits per heavy atom. The Morgan fingerprint density at radius 2 is 2.29 bits per heavy atom. The van der Waals surface area contributed by atoms with Gasteiger partial charge in [0.2, 0.25) is 5.91 Å². The fourth-order valence-electron chi connectivity index (χ4n) is 1.78. The molecule has 4 heteroatoms. The molecule has 2 rings (SSSR count). The number of anilines is 1. The number of hydrogen-bond donors (Lipinski definition) is 0. The quantitative estimate of drug-likeness (QED) is 0.805. The maximum Gasteiger partial charge on any atom is 0.229 e. The van der Waals surface area contributed by atoms with E-state index in [1.807, 2.05) is 17.2 Å². The Balaban J connectivity index is 2.04. The monoisotopic (exact) mass is 252 g/mol. The van der Waals surface area contributed by atoms with Crippen molar-refractivity contribution in [2.24, 2.45) is 5.92 Å². The fourth-order valence-corrected chi connectivity index (χ4v) is 2.67. The number of aryl methyl sites for hydroxylation is 1. The fraction of sp³-hybridized carbons (Fsp3) is 0.692. The molecule has 0 atom stereocenters. The number of aromatic nitrogens is 1. The molecular formula is C13H20N2OS. The normalized spacial score (nSPS) is 15.3. The highest BCUT2D eigenvalue weighted by molar-refractivity contribution is 7.14. The van der Waals surface area contributed by atoms with E-state index >= 15 is 0 Å². The molecule has 1 aromatic heterocycles. The molecule has 94 valence electrons. The summed E-state index contributed by atoms with van der Waals surface area (Å²) in [6.45, 7) is 6.29. The van der Waals surface area contributed by atoms with Gasteiger partial charge in [-0.1, -0.05) is 13.8 Å². The second-order valence-corrected chi connectivity index (χ2v) is 6.04. The van der Waals surface area contributed by atoms with Gasteiger partial charge in [-0.15, -0.1) is 11.3 Å². The summed E-state index contributed by atoms with van der Waals surface area (Å²) >= 11 is 1.58. The van der Waals surface area contributed by atoms with Gasteiger partial charge in [0.1, 0.15) is 0 Å². The van der Waals surface area contributed by atoms with Crippen molar-refractivity contribution >= 4 is 22.4 Å². The molecule has 0 bridgehead atoms. The number of rotatable bonds is 5. The molecule has 0 unspecified atom stereocenters. The Morgan fingerprint density at radius 1 is 1.59 bits per heavy atom. The molecule has 0 saturated heterocycles. The first-order valence-corrected chi connectivity index (χ1v) is 7.20. The minimum Gasteiger partial charge on any atom is -0.285 e. The van der Waals surface area contributed by atoms with E-state index in [4.69, 9.17) is 0 Å². The number of carbonyl (C=O) groups is 1. The smallest absolute Gasteiger partial charge is 0.229 e. The van der Waals surface area contributed by atoms with Gasteiger partial charge in [-0.3, -0.25) is 9.69 Å². The summed E-state index contributed by atoms with van der Waals surface area (Å²) in [5.41, 5.74) is 1.01.